The number of para-hydroxylation sites is 1. The van der Waals surface area contributed by atoms with Crippen molar-refractivity contribution in [2.24, 2.45) is 0 Å². The van der Waals surface area contributed by atoms with Gasteiger partial charge < -0.3 is 5.32 Å². The van der Waals surface area contributed by atoms with Crippen LogP contribution in [0.2, 0.25) is 5.15 Å². The van der Waals surface area contributed by atoms with E-state index in [9.17, 15) is 4.79 Å². The van der Waals surface area contributed by atoms with Crippen molar-refractivity contribution in [2.75, 3.05) is 13.1 Å². The fraction of sp³-hybridized carbons (Fsp3) is 0.412. The molecule has 3 rings (SSSR count). The van der Waals surface area contributed by atoms with Crippen LogP contribution in [-0.4, -0.2) is 41.1 Å². The van der Waals surface area contributed by atoms with Crippen LogP contribution in [0.5, 0.6) is 0 Å². The lowest BCUT2D eigenvalue weighted by molar-refractivity contribution is 0.0683. The molecule has 1 amide bonds. The number of pyridine rings is 1. The molecule has 6 heteroatoms. The maximum atomic E-state index is 12.9. The first-order valence-electron chi connectivity index (χ1n) is 7.82. The number of carbonyl (C=O) groups excluding carboxylic acids is 1. The van der Waals surface area contributed by atoms with Crippen LogP contribution >= 0.6 is 11.6 Å². The molecule has 1 aromatic heterocycles. The number of rotatable bonds is 2. The summed E-state index contributed by atoms with van der Waals surface area (Å²) in [6.45, 7) is 7.59. The van der Waals surface area contributed by atoms with Gasteiger partial charge in [0.1, 0.15) is 5.15 Å². The third-order valence-corrected chi connectivity index (χ3v) is 4.49. The minimum absolute atomic E-state index is 0.135. The fourth-order valence-corrected chi connectivity index (χ4v) is 3.37. The highest BCUT2D eigenvalue weighted by atomic mass is 35.5. The smallest absolute Gasteiger partial charge is 0.266 e. The molecule has 2 atom stereocenters. The van der Waals surface area contributed by atoms with Crippen molar-refractivity contribution >= 4 is 28.4 Å². The molecule has 2 N–H and O–H groups in total. The Morgan fingerprint density at radius 1 is 1.30 bits per heavy atom. The van der Waals surface area contributed by atoms with Gasteiger partial charge in [0.05, 0.1) is 11.1 Å². The van der Waals surface area contributed by atoms with E-state index in [0.717, 1.165) is 24.0 Å². The van der Waals surface area contributed by atoms with Crippen LogP contribution in [0.4, 0.5) is 0 Å². The van der Waals surface area contributed by atoms with Crippen LogP contribution in [0.25, 0.3) is 10.9 Å². The monoisotopic (exact) mass is 332 g/mol. The second-order valence-electron chi connectivity index (χ2n) is 6.23. The van der Waals surface area contributed by atoms with Crippen molar-refractivity contribution in [3.05, 3.63) is 40.5 Å². The standard InChI is InChI=1S/C17H21ClN4O/c1-10-8-22(9-11(2)19-10)21-17(23)15-12(3)16(18)20-14-7-5-4-6-13(14)15/h4-7,10-11,19H,8-9H2,1-3H3,(H,21,23)/t10-,11+. The molecule has 0 radical (unpaired) electrons. The zero-order valence-electron chi connectivity index (χ0n) is 13.6. The van der Waals surface area contributed by atoms with Crippen molar-refractivity contribution < 1.29 is 4.79 Å². The maximum absolute atomic E-state index is 12.9. The molecule has 1 fully saturated rings. The number of hydrogen-bond acceptors (Lipinski definition) is 4. The van der Waals surface area contributed by atoms with Gasteiger partial charge in [-0.2, -0.15) is 0 Å². The Bertz CT molecular complexity index is 739. The molecule has 2 heterocycles. The molecule has 2 aromatic rings. The maximum Gasteiger partial charge on any atom is 0.266 e. The number of nitrogens with one attached hydrogen (secondary N) is 2. The van der Waals surface area contributed by atoms with Gasteiger partial charge in [-0.3, -0.25) is 10.2 Å². The van der Waals surface area contributed by atoms with Gasteiger partial charge in [0.15, 0.2) is 0 Å². The topological polar surface area (TPSA) is 57.3 Å². The van der Waals surface area contributed by atoms with E-state index in [1.54, 1.807) is 0 Å². The normalized spacial score (nSPS) is 22.3. The minimum Gasteiger partial charge on any atom is -0.309 e. The first kappa shape index (κ1) is 16.2. The molecule has 5 nitrogen and oxygen atoms in total. The molecule has 1 aromatic carbocycles. The highest BCUT2D eigenvalue weighted by Gasteiger charge is 2.24. The Labute approximate surface area is 141 Å². The SMILES string of the molecule is Cc1c(Cl)nc2ccccc2c1C(=O)NN1C[C@@H](C)N[C@@H](C)C1. The van der Waals surface area contributed by atoms with E-state index in [1.165, 1.54) is 0 Å². The van der Waals surface area contributed by atoms with E-state index in [1.807, 2.05) is 36.2 Å². The Morgan fingerprint density at radius 2 is 1.96 bits per heavy atom. The highest BCUT2D eigenvalue weighted by Crippen LogP contribution is 2.25. The molecule has 1 aliphatic rings. The largest absolute Gasteiger partial charge is 0.309 e. The highest BCUT2D eigenvalue weighted by molar-refractivity contribution is 6.31. The molecule has 0 bridgehead atoms. The summed E-state index contributed by atoms with van der Waals surface area (Å²) in [5.41, 5.74) is 5.06. The van der Waals surface area contributed by atoms with E-state index in [2.05, 4.69) is 29.6 Å². The third-order valence-electron chi connectivity index (χ3n) is 4.12. The number of aromatic nitrogens is 1. The summed E-state index contributed by atoms with van der Waals surface area (Å²) in [5, 5.41) is 6.61. The number of benzene rings is 1. The van der Waals surface area contributed by atoms with Gasteiger partial charge >= 0.3 is 0 Å². The quantitative estimate of drug-likeness (QED) is 0.830. The van der Waals surface area contributed by atoms with Gasteiger partial charge in [-0.25, -0.2) is 9.99 Å². The Balaban J connectivity index is 1.93. The lowest BCUT2D eigenvalue weighted by Crippen LogP contribution is -2.59. The van der Waals surface area contributed by atoms with E-state index < -0.39 is 0 Å². The number of amides is 1. The molecule has 0 aliphatic carbocycles. The van der Waals surface area contributed by atoms with Gasteiger partial charge in [-0.1, -0.05) is 29.8 Å². The molecule has 0 saturated carbocycles. The lowest BCUT2D eigenvalue weighted by Gasteiger charge is -2.36. The first-order chi connectivity index (χ1) is 11.0. The third kappa shape index (κ3) is 3.32. The summed E-state index contributed by atoms with van der Waals surface area (Å²) in [4.78, 5) is 17.2. The minimum atomic E-state index is -0.135. The summed E-state index contributed by atoms with van der Waals surface area (Å²) < 4.78 is 0. The number of carbonyl (C=O) groups is 1. The molecule has 1 aliphatic heterocycles. The predicted molar refractivity (Wildman–Crippen MR) is 92.6 cm³/mol. The summed E-state index contributed by atoms with van der Waals surface area (Å²) in [6, 6.07) is 8.23. The average molecular weight is 333 g/mol. The zero-order chi connectivity index (χ0) is 16.6. The van der Waals surface area contributed by atoms with Gasteiger partial charge in [0, 0.05) is 30.6 Å². The number of hydrazine groups is 1. The molecule has 1 saturated heterocycles. The Hall–Kier alpha value is -1.69. The molecule has 0 spiro atoms. The van der Waals surface area contributed by atoms with Crippen LogP contribution < -0.4 is 10.7 Å². The number of fused-ring (bicyclic) bond motifs is 1. The van der Waals surface area contributed by atoms with E-state index in [0.29, 0.717) is 28.4 Å². The van der Waals surface area contributed by atoms with Crippen molar-refractivity contribution in [1.82, 2.24) is 20.7 Å². The van der Waals surface area contributed by atoms with Crippen molar-refractivity contribution in [3.63, 3.8) is 0 Å². The number of halogens is 1. The van der Waals surface area contributed by atoms with Crippen LogP contribution in [0.3, 0.4) is 0 Å². The lowest BCUT2D eigenvalue weighted by atomic mass is 10.0. The van der Waals surface area contributed by atoms with E-state index in [-0.39, 0.29) is 5.91 Å². The number of nitrogens with zero attached hydrogens (tertiary/aromatic N) is 2. The van der Waals surface area contributed by atoms with Crippen LogP contribution in [0, 0.1) is 6.92 Å². The molecular formula is C17H21ClN4O. The number of hydrogen-bond donors (Lipinski definition) is 2. The summed E-state index contributed by atoms with van der Waals surface area (Å²) in [7, 11) is 0. The summed E-state index contributed by atoms with van der Waals surface area (Å²) in [5.74, 6) is -0.135. The van der Waals surface area contributed by atoms with Crippen molar-refractivity contribution in [2.45, 2.75) is 32.9 Å². The van der Waals surface area contributed by atoms with Gasteiger partial charge in [-0.15, -0.1) is 0 Å². The summed E-state index contributed by atoms with van der Waals surface area (Å²) >= 11 is 6.21. The molecule has 0 unspecified atom stereocenters. The van der Waals surface area contributed by atoms with Crippen molar-refractivity contribution in [1.29, 1.82) is 0 Å². The van der Waals surface area contributed by atoms with Crippen LogP contribution in [0.15, 0.2) is 24.3 Å². The second kappa shape index (κ2) is 6.43. The van der Waals surface area contributed by atoms with E-state index in [4.69, 9.17) is 11.6 Å². The molecule has 23 heavy (non-hydrogen) atoms. The number of piperazine rings is 1. The molecular weight excluding hydrogens is 312 g/mol. The van der Waals surface area contributed by atoms with Gasteiger partial charge in [0.2, 0.25) is 0 Å². The molecule has 122 valence electrons. The van der Waals surface area contributed by atoms with Gasteiger partial charge in [-0.05, 0) is 32.4 Å². The zero-order valence-corrected chi connectivity index (χ0v) is 14.3. The van der Waals surface area contributed by atoms with E-state index >= 15 is 0 Å². The first-order valence-corrected chi connectivity index (χ1v) is 8.20. The van der Waals surface area contributed by atoms with Crippen LogP contribution in [-0.2, 0) is 0 Å². The van der Waals surface area contributed by atoms with Crippen molar-refractivity contribution in [3.8, 4) is 0 Å². The van der Waals surface area contributed by atoms with Crippen LogP contribution in [0.1, 0.15) is 29.8 Å². The average Bonchev–Trinajstić information content (AvgIpc) is 2.47. The predicted octanol–water partition coefficient (Wildman–Crippen LogP) is 2.52. The Kier molecular flexibility index (Phi) is 4.53. The Morgan fingerprint density at radius 3 is 2.65 bits per heavy atom. The fourth-order valence-electron chi connectivity index (χ4n) is 3.19. The second-order valence-corrected chi connectivity index (χ2v) is 6.59. The summed E-state index contributed by atoms with van der Waals surface area (Å²) in [6.07, 6.45) is 0. The van der Waals surface area contributed by atoms with Gasteiger partial charge in [0.25, 0.3) is 5.91 Å².